The lowest BCUT2D eigenvalue weighted by atomic mass is 10.1. The molecule has 0 aromatic carbocycles. The summed E-state index contributed by atoms with van der Waals surface area (Å²) < 4.78 is 38.0. The molecule has 2 aliphatic heterocycles. The summed E-state index contributed by atoms with van der Waals surface area (Å²) in [7, 11) is -3.31. The van der Waals surface area contributed by atoms with Crippen molar-refractivity contribution in [3.05, 3.63) is 0 Å². The Morgan fingerprint density at radius 1 is 1.19 bits per heavy atom. The Hall–Kier alpha value is -0.890. The summed E-state index contributed by atoms with van der Waals surface area (Å²) in [6.45, 7) is 6.20. The first-order chi connectivity index (χ1) is 9.61. The van der Waals surface area contributed by atoms with Gasteiger partial charge in [-0.2, -0.15) is 0 Å². The van der Waals surface area contributed by atoms with Gasteiger partial charge >= 0.3 is 6.03 Å². The molecule has 8 heteroatoms. The number of piperidine rings is 1. The van der Waals surface area contributed by atoms with Gasteiger partial charge < -0.3 is 10.2 Å². The molecule has 2 aliphatic rings. The van der Waals surface area contributed by atoms with Gasteiger partial charge in [-0.3, -0.25) is 0 Å². The Labute approximate surface area is 125 Å². The highest BCUT2D eigenvalue weighted by Gasteiger charge is 2.38. The molecule has 0 spiro atoms. The number of nitrogens with zero attached hydrogens (tertiary/aromatic N) is 2. The number of hydrogen-bond acceptors (Lipinski definition) is 3. The normalized spacial score (nSPS) is 23.0. The van der Waals surface area contributed by atoms with Crippen LogP contribution in [0.25, 0.3) is 0 Å². The van der Waals surface area contributed by atoms with Crippen molar-refractivity contribution in [2.24, 2.45) is 0 Å². The van der Waals surface area contributed by atoms with Crippen LogP contribution in [0.2, 0.25) is 0 Å². The standard InChI is InChI=1S/C13H24FN3O3S/c1-13(2,3)21(19,20)17-6-4-11(5-7-17)15-12(18)16-8-10(14)9-16/h10-11H,4-9H2,1-3H3,(H,15,18). The maximum Gasteiger partial charge on any atom is 0.317 e. The zero-order valence-corrected chi connectivity index (χ0v) is 13.6. The van der Waals surface area contributed by atoms with E-state index in [1.54, 1.807) is 20.8 Å². The minimum absolute atomic E-state index is 0.0393. The van der Waals surface area contributed by atoms with Crippen molar-refractivity contribution >= 4 is 16.1 Å². The summed E-state index contributed by atoms with van der Waals surface area (Å²) in [5.74, 6) is 0. The molecular formula is C13H24FN3O3S. The van der Waals surface area contributed by atoms with Gasteiger partial charge in [0, 0.05) is 19.1 Å². The van der Waals surface area contributed by atoms with E-state index in [-0.39, 0.29) is 25.2 Å². The van der Waals surface area contributed by atoms with Gasteiger partial charge in [0.15, 0.2) is 0 Å². The second-order valence-electron chi connectivity index (χ2n) is 6.74. The summed E-state index contributed by atoms with van der Waals surface area (Å²) >= 11 is 0. The van der Waals surface area contributed by atoms with E-state index >= 15 is 0 Å². The summed E-state index contributed by atoms with van der Waals surface area (Å²) in [6.07, 6.45) is 0.275. The first-order valence-electron chi connectivity index (χ1n) is 7.30. The molecule has 2 heterocycles. The van der Waals surface area contributed by atoms with Gasteiger partial charge in [0.25, 0.3) is 0 Å². The molecule has 1 N–H and O–H groups in total. The zero-order valence-electron chi connectivity index (χ0n) is 12.8. The molecule has 2 fully saturated rings. The van der Waals surface area contributed by atoms with Crippen molar-refractivity contribution in [1.82, 2.24) is 14.5 Å². The van der Waals surface area contributed by atoms with Crippen molar-refractivity contribution in [3.63, 3.8) is 0 Å². The largest absolute Gasteiger partial charge is 0.335 e. The Bertz CT molecular complexity index is 489. The van der Waals surface area contributed by atoms with Crippen LogP contribution in [0.1, 0.15) is 33.6 Å². The van der Waals surface area contributed by atoms with Crippen LogP contribution in [-0.4, -0.2) is 66.8 Å². The quantitative estimate of drug-likeness (QED) is 0.823. The molecule has 0 aromatic rings. The number of sulfonamides is 1. The van der Waals surface area contributed by atoms with Crippen LogP contribution >= 0.6 is 0 Å². The van der Waals surface area contributed by atoms with E-state index in [4.69, 9.17) is 0 Å². The van der Waals surface area contributed by atoms with Gasteiger partial charge in [-0.05, 0) is 33.6 Å². The average Bonchev–Trinajstić information content (AvgIpc) is 2.34. The van der Waals surface area contributed by atoms with Crippen molar-refractivity contribution in [1.29, 1.82) is 0 Å². The highest BCUT2D eigenvalue weighted by molar-refractivity contribution is 7.90. The van der Waals surface area contributed by atoms with Crippen LogP contribution in [0.15, 0.2) is 0 Å². The fraction of sp³-hybridized carbons (Fsp3) is 0.923. The van der Waals surface area contributed by atoms with Crippen molar-refractivity contribution in [3.8, 4) is 0 Å². The first kappa shape index (κ1) is 16.5. The fourth-order valence-electron chi connectivity index (χ4n) is 2.48. The van der Waals surface area contributed by atoms with E-state index in [2.05, 4.69) is 5.32 Å². The molecule has 0 aliphatic carbocycles. The molecule has 0 saturated carbocycles. The second kappa shape index (κ2) is 5.72. The number of urea groups is 1. The van der Waals surface area contributed by atoms with E-state index in [9.17, 15) is 17.6 Å². The number of alkyl halides is 1. The summed E-state index contributed by atoms with van der Waals surface area (Å²) in [5, 5.41) is 2.85. The number of likely N-dealkylation sites (tertiary alicyclic amines) is 1. The molecule has 2 rings (SSSR count). The Morgan fingerprint density at radius 3 is 2.14 bits per heavy atom. The van der Waals surface area contributed by atoms with Crippen molar-refractivity contribution < 1.29 is 17.6 Å². The number of carbonyl (C=O) groups excluding carboxylic acids is 1. The average molecular weight is 321 g/mol. The molecule has 2 saturated heterocycles. The molecule has 21 heavy (non-hydrogen) atoms. The maximum atomic E-state index is 12.7. The van der Waals surface area contributed by atoms with Crippen LogP contribution in [0.4, 0.5) is 9.18 Å². The summed E-state index contributed by atoms with van der Waals surface area (Å²) in [4.78, 5) is 13.2. The van der Waals surface area contributed by atoms with Crippen LogP contribution < -0.4 is 5.32 Å². The van der Waals surface area contributed by atoms with E-state index in [1.807, 2.05) is 0 Å². The molecule has 0 bridgehead atoms. The first-order valence-corrected chi connectivity index (χ1v) is 8.74. The molecule has 122 valence electrons. The molecular weight excluding hydrogens is 297 g/mol. The molecule has 0 aromatic heterocycles. The van der Waals surface area contributed by atoms with Crippen LogP contribution in [-0.2, 0) is 10.0 Å². The van der Waals surface area contributed by atoms with Gasteiger partial charge in [-0.25, -0.2) is 21.9 Å². The SMILES string of the molecule is CC(C)(C)S(=O)(=O)N1CCC(NC(=O)N2CC(F)C2)CC1. The molecule has 0 unspecified atom stereocenters. The predicted octanol–water partition coefficient (Wildman–Crippen LogP) is 0.942. The van der Waals surface area contributed by atoms with E-state index in [0.29, 0.717) is 25.9 Å². The second-order valence-corrected chi connectivity index (χ2v) is 9.43. The minimum Gasteiger partial charge on any atom is -0.335 e. The smallest absolute Gasteiger partial charge is 0.317 e. The topological polar surface area (TPSA) is 69.7 Å². The van der Waals surface area contributed by atoms with Crippen LogP contribution in [0.5, 0.6) is 0 Å². The molecule has 0 atom stereocenters. The lowest BCUT2D eigenvalue weighted by Gasteiger charge is -2.38. The molecule has 6 nitrogen and oxygen atoms in total. The van der Waals surface area contributed by atoms with Gasteiger partial charge in [0.1, 0.15) is 6.17 Å². The highest BCUT2D eigenvalue weighted by atomic mass is 32.2. The third-order valence-corrected chi connectivity index (χ3v) is 6.61. The van der Waals surface area contributed by atoms with Crippen LogP contribution in [0.3, 0.4) is 0 Å². The third-order valence-electron chi connectivity index (χ3n) is 4.02. The monoisotopic (exact) mass is 321 g/mol. The fourth-order valence-corrected chi connectivity index (χ4v) is 3.95. The lowest BCUT2D eigenvalue weighted by molar-refractivity contribution is 0.0866. The van der Waals surface area contributed by atoms with Crippen molar-refractivity contribution in [2.45, 2.75) is 50.6 Å². The molecule has 2 amide bonds. The molecule has 0 radical (unpaired) electrons. The van der Waals surface area contributed by atoms with E-state index < -0.39 is 20.9 Å². The van der Waals surface area contributed by atoms with Gasteiger partial charge in [-0.1, -0.05) is 0 Å². The van der Waals surface area contributed by atoms with Crippen molar-refractivity contribution in [2.75, 3.05) is 26.2 Å². The maximum absolute atomic E-state index is 12.7. The van der Waals surface area contributed by atoms with E-state index in [0.717, 1.165) is 0 Å². The predicted molar refractivity (Wildman–Crippen MR) is 78.3 cm³/mol. The third kappa shape index (κ3) is 3.48. The Balaban J connectivity index is 1.82. The van der Waals surface area contributed by atoms with Gasteiger partial charge in [0.05, 0.1) is 17.8 Å². The summed E-state index contributed by atoms with van der Waals surface area (Å²) in [6, 6.07) is -0.288. The number of hydrogen-bond donors (Lipinski definition) is 1. The zero-order chi connectivity index (χ0) is 15.8. The highest BCUT2D eigenvalue weighted by Crippen LogP contribution is 2.24. The number of nitrogens with one attached hydrogen (secondary N) is 1. The minimum atomic E-state index is -3.31. The number of halogens is 1. The Kier molecular flexibility index (Phi) is 4.49. The number of rotatable bonds is 2. The van der Waals surface area contributed by atoms with Gasteiger partial charge in [0.2, 0.25) is 10.0 Å². The number of carbonyl (C=O) groups is 1. The van der Waals surface area contributed by atoms with Gasteiger partial charge in [-0.15, -0.1) is 0 Å². The lowest BCUT2D eigenvalue weighted by Crippen LogP contribution is -2.58. The Morgan fingerprint density at radius 2 is 1.71 bits per heavy atom. The summed E-state index contributed by atoms with van der Waals surface area (Å²) in [5.41, 5.74) is 0. The number of amides is 2. The van der Waals surface area contributed by atoms with Crippen LogP contribution in [0, 0.1) is 0 Å². The van der Waals surface area contributed by atoms with E-state index in [1.165, 1.54) is 9.21 Å².